The first-order valence-corrected chi connectivity index (χ1v) is 7.43. The molecule has 3 aromatic carbocycles. The number of carbonyl (C=O) groups is 1. The van der Waals surface area contributed by atoms with Gasteiger partial charge in [-0.15, -0.1) is 0 Å². The van der Waals surface area contributed by atoms with Gasteiger partial charge in [-0.05, 0) is 48.5 Å². The van der Waals surface area contributed by atoms with Gasteiger partial charge in [-0.3, -0.25) is 0 Å². The van der Waals surface area contributed by atoms with E-state index < -0.39 is 5.97 Å². The van der Waals surface area contributed by atoms with Gasteiger partial charge in [0.25, 0.3) is 0 Å². The molecule has 0 bridgehead atoms. The highest BCUT2D eigenvalue weighted by molar-refractivity contribution is 6.24. The van der Waals surface area contributed by atoms with Crippen LogP contribution in [0.25, 0.3) is 0 Å². The van der Waals surface area contributed by atoms with Crippen LogP contribution in [0.2, 0.25) is 0 Å². The molecule has 4 heteroatoms. The van der Waals surface area contributed by atoms with Crippen LogP contribution in [0, 0.1) is 0 Å². The third-order valence-electron chi connectivity index (χ3n) is 3.10. The maximum absolute atomic E-state index is 11.7. The summed E-state index contributed by atoms with van der Waals surface area (Å²) in [5.74, 6) is 1.43. The minimum Gasteiger partial charge on any atom is -0.457 e. The number of rotatable bonds is 5. The maximum Gasteiger partial charge on any atom is 0.354 e. The molecule has 0 aliphatic carbocycles. The van der Waals surface area contributed by atoms with Crippen LogP contribution in [0.5, 0.6) is 17.2 Å². The van der Waals surface area contributed by atoms with Gasteiger partial charge in [0.15, 0.2) is 0 Å². The molecule has 0 saturated heterocycles. The Morgan fingerprint density at radius 2 is 1.25 bits per heavy atom. The van der Waals surface area contributed by atoms with Crippen molar-refractivity contribution in [3.05, 3.63) is 84.9 Å². The molecule has 0 heterocycles. The molecule has 24 heavy (non-hydrogen) atoms. The summed E-state index contributed by atoms with van der Waals surface area (Å²) in [5.41, 5.74) is 0.639. The number of nitrogens with zero attached hydrogens (tertiary/aromatic N) is 1. The number of hydrogen-bond donors (Lipinski definition) is 0. The summed E-state index contributed by atoms with van der Waals surface area (Å²) in [6.45, 7) is 0. The Kier molecular flexibility index (Phi) is 5.00. The van der Waals surface area contributed by atoms with Crippen molar-refractivity contribution < 1.29 is 14.3 Å². The predicted molar refractivity (Wildman–Crippen MR) is 93.2 cm³/mol. The standard InChI is InChI=1S/C20H15NO3/c22-20(24-18-9-5-2-6-10-18)15-21-16-11-13-19(14-12-16)23-17-7-3-1-4-8-17/h1-15H. The van der Waals surface area contributed by atoms with E-state index in [1.54, 1.807) is 48.5 Å². The van der Waals surface area contributed by atoms with Gasteiger partial charge < -0.3 is 9.47 Å². The fraction of sp³-hybridized carbons (Fsp3) is 0. The van der Waals surface area contributed by atoms with Crippen LogP contribution in [0.1, 0.15) is 0 Å². The number of aliphatic imine (C=N–C) groups is 1. The van der Waals surface area contributed by atoms with Crippen LogP contribution in [0.4, 0.5) is 5.69 Å². The zero-order valence-electron chi connectivity index (χ0n) is 12.8. The first-order valence-electron chi connectivity index (χ1n) is 7.43. The zero-order valence-corrected chi connectivity index (χ0v) is 12.8. The van der Waals surface area contributed by atoms with E-state index in [-0.39, 0.29) is 0 Å². The van der Waals surface area contributed by atoms with Crippen LogP contribution in [-0.4, -0.2) is 12.2 Å². The largest absolute Gasteiger partial charge is 0.457 e. The van der Waals surface area contributed by atoms with Crippen molar-refractivity contribution in [1.29, 1.82) is 0 Å². The lowest BCUT2D eigenvalue weighted by atomic mass is 10.3. The van der Waals surface area contributed by atoms with Gasteiger partial charge in [0.05, 0.1) is 5.69 Å². The molecule has 0 amide bonds. The van der Waals surface area contributed by atoms with E-state index in [2.05, 4.69) is 4.99 Å². The Hall–Kier alpha value is -3.40. The van der Waals surface area contributed by atoms with Gasteiger partial charge in [0.2, 0.25) is 0 Å². The van der Waals surface area contributed by atoms with E-state index in [9.17, 15) is 4.79 Å². The van der Waals surface area contributed by atoms with Crippen molar-refractivity contribution in [2.45, 2.75) is 0 Å². The molecule has 0 aliphatic rings. The smallest absolute Gasteiger partial charge is 0.354 e. The Morgan fingerprint density at radius 3 is 1.88 bits per heavy atom. The molecule has 0 aliphatic heterocycles. The van der Waals surface area contributed by atoms with E-state index in [0.717, 1.165) is 12.0 Å². The Morgan fingerprint density at radius 1 is 0.708 bits per heavy atom. The minimum atomic E-state index is -0.522. The molecule has 0 spiro atoms. The summed E-state index contributed by atoms with van der Waals surface area (Å²) < 4.78 is 10.8. The van der Waals surface area contributed by atoms with Gasteiger partial charge in [0, 0.05) is 0 Å². The monoisotopic (exact) mass is 317 g/mol. The van der Waals surface area contributed by atoms with Crippen LogP contribution in [0.3, 0.4) is 0 Å². The number of para-hydroxylation sites is 2. The van der Waals surface area contributed by atoms with E-state index >= 15 is 0 Å². The summed E-state index contributed by atoms with van der Waals surface area (Å²) >= 11 is 0. The first kappa shape index (κ1) is 15.5. The maximum atomic E-state index is 11.7. The average Bonchev–Trinajstić information content (AvgIpc) is 2.63. The number of ether oxygens (including phenoxy) is 2. The number of carbonyl (C=O) groups excluding carboxylic acids is 1. The van der Waals surface area contributed by atoms with E-state index in [4.69, 9.17) is 9.47 Å². The van der Waals surface area contributed by atoms with Gasteiger partial charge in [-0.25, -0.2) is 9.79 Å². The van der Waals surface area contributed by atoms with Crippen molar-refractivity contribution in [3.63, 3.8) is 0 Å². The topological polar surface area (TPSA) is 47.9 Å². The lowest BCUT2D eigenvalue weighted by Crippen LogP contribution is -2.08. The fourth-order valence-corrected chi connectivity index (χ4v) is 1.98. The molecule has 0 saturated carbocycles. The van der Waals surface area contributed by atoms with Crippen molar-refractivity contribution in [2.24, 2.45) is 4.99 Å². The van der Waals surface area contributed by atoms with Gasteiger partial charge in [0.1, 0.15) is 23.5 Å². The quantitative estimate of drug-likeness (QED) is 0.386. The molecular formula is C20H15NO3. The van der Waals surface area contributed by atoms with Crippen molar-refractivity contribution in [3.8, 4) is 17.2 Å². The van der Waals surface area contributed by atoms with Crippen molar-refractivity contribution >= 4 is 17.9 Å². The summed E-state index contributed by atoms with van der Waals surface area (Å²) in [7, 11) is 0. The summed E-state index contributed by atoms with van der Waals surface area (Å²) in [4.78, 5) is 15.8. The SMILES string of the molecule is O=C(C=Nc1ccc(Oc2ccccc2)cc1)Oc1ccccc1. The number of hydrogen-bond acceptors (Lipinski definition) is 4. The van der Waals surface area contributed by atoms with Crippen molar-refractivity contribution in [1.82, 2.24) is 0 Å². The molecule has 0 fully saturated rings. The zero-order chi connectivity index (χ0) is 16.6. The number of benzene rings is 3. The Balaban J connectivity index is 1.58. The van der Waals surface area contributed by atoms with Gasteiger partial charge in [-0.1, -0.05) is 36.4 Å². The molecule has 0 aromatic heterocycles. The molecule has 0 radical (unpaired) electrons. The van der Waals surface area contributed by atoms with Crippen LogP contribution in [-0.2, 0) is 4.79 Å². The molecule has 118 valence electrons. The first-order chi connectivity index (χ1) is 11.8. The van der Waals surface area contributed by atoms with E-state index in [1.807, 2.05) is 36.4 Å². The summed E-state index contributed by atoms with van der Waals surface area (Å²) in [5, 5.41) is 0. The molecule has 0 atom stereocenters. The second-order valence-electron chi connectivity index (χ2n) is 4.90. The highest BCUT2D eigenvalue weighted by Gasteiger charge is 2.01. The lowest BCUT2D eigenvalue weighted by Gasteiger charge is -2.05. The molecule has 4 nitrogen and oxygen atoms in total. The Bertz CT molecular complexity index is 813. The Labute approximate surface area is 140 Å². The third-order valence-corrected chi connectivity index (χ3v) is 3.10. The third kappa shape index (κ3) is 4.55. The van der Waals surface area contributed by atoms with Gasteiger partial charge >= 0.3 is 5.97 Å². The molecule has 0 N–H and O–H groups in total. The van der Waals surface area contributed by atoms with Gasteiger partial charge in [-0.2, -0.15) is 0 Å². The molecule has 3 aromatic rings. The average molecular weight is 317 g/mol. The van der Waals surface area contributed by atoms with Crippen LogP contribution >= 0.6 is 0 Å². The van der Waals surface area contributed by atoms with Crippen LogP contribution in [0.15, 0.2) is 89.9 Å². The highest BCUT2D eigenvalue weighted by atomic mass is 16.5. The van der Waals surface area contributed by atoms with Crippen LogP contribution < -0.4 is 9.47 Å². The summed E-state index contributed by atoms with van der Waals surface area (Å²) in [6, 6.07) is 25.5. The molecule has 3 rings (SSSR count). The lowest BCUT2D eigenvalue weighted by molar-refractivity contribution is -0.126. The second-order valence-corrected chi connectivity index (χ2v) is 4.90. The van der Waals surface area contributed by atoms with E-state index in [0.29, 0.717) is 17.2 Å². The fourth-order valence-electron chi connectivity index (χ4n) is 1.98. The van der Waals surface area contributed by atoms with Crippen molar-refractivity contribution in [2.75, 3.05) is 0 Å². The second kappa shape index (κ2) is 7.74. The molecular weight excluding hydrogens is 302 g/mol. The molecule has 0 unspecified atom stereocenters. The predicted octanol–water partition coefficient (Wildman–Crippen LogP) is 4.79. The minimum absolute atomic E-state index is 0.487. The van der Waals surface area contributed by atoms with E-state index in [1.165, 1.54) is 0 Å². The number of esters is 1. The normalized spacial score (nSPS) is 10.5. The summed E-state index contributed by atoms with van der Waals surface area (Å²) in [6.07, 6.45) is 1.15. The highest BCUT2D eigenvalue weighted by Crippen LogP contribution is 2.23.